The van der Waals surface area contributed by atoms with Crippen molar-refractivity contribution < 1.29 is 32.6 Å². The minimum Gasteiger partial charge on any atom is -0.493 e. The average molecular weight is 383 g/mol. The van der Waals surface area contributed by atoms with Crippen LogP contribution < -0.4 is 19.9 Å². The quantitative estimate of drug-likeness (QED) is 0.635. The minimum atomic E-state index is -4.19. The highest BCUT2D eigenvalue weighted by Gasteiger charge is 2.24. The van der Waals surface area contributed by atoms with E-state index in [1.165, 1.54) is 38.1 Å². The monoisotopic (exact) mass is 383 g/mol. The minimum absolute atomic E-state index is 0.0175. The molecule has 1 amide bonds. The molecule has 0 unspecified atom stereocenters. The first kappa shape index (κ1) is 19.1. The normalized spacial score (nSPS) is 11.0. The Morgan fingerprint density at radius 1 is 1.15 bits per heavy atom. The zero-order valence-electron chi connectivity index (χ0n) is 14.1. The van der Waals surface area contributed by atoms with E-state index < -0.39 is 21.9 Å². The lowest BCUT2D eigenvalue weighted by molar-refractivity contribution is 0.0697. The number of aryl methyl sites for hydroxylation is 1. The van der Waals surface area contributed by atoms with Gasteiger partial charge in [-0.3, -0.25) is 9.52 Å². The van der Waals surface area contributed by atoms with Crippen LogP contribution in [0.5, 0.6) is 11.5 Å². The van der Waals surface area contributed by atoms with Gasteiger partial charge < -0.3 is 24.9 Å². The Kier molecular flexibility index (Phi) is 5.12. The van der Waals surface area contributed by atoms with Crippen LogP contribution in [0.1, 0.15) is 20.8 Å². The van der Waals surface area contributed by atoms with Crippen LogP contribution in [0.4, 0.5) is 5.69 Å². The van der Waals surface area contributed by atoms with Crippen LogP contribution in [0, 0.1) is 0 Å². The van der Waals surface area contributed by atoms with E-state index in [2.05, 4.69) is 4.72 Å². The van der Waals surface area contributed by atoms with E-state index in [9.17, 15) is 23.1 Å². The Balaban J connectivity index is 2.53. The zero-order valence-corrected chi connectivity index (χ0v) is 15.0. The molecule has 0 aliphatic rings. The van der Waals surface area contributed by atoms with Gasteiger partial charge in [0.2, 0.25) is 0 Å². The molecule has 11 heteroatoms. The van der Waals surface area contributed by atoms with Gasteiger partial charge >= 0.3 is 5.97 Å². The second kappa shape index (κ2) is 6.96. The fraction of sp³-hybridized carbons (Fsp3) is 0.200. The Morgan fingerprint density at radius 3 is 2.19 bits per heavy atom. The molecule has 2 aromatic rings. The van der Waals surface area contributed by atoms with Gasteiger partial charge in [0, 0.05) is 25.4 Å². The molecule has 0 aliphatic heterocycles. The summed E-state index contributed by atoms with van der Waals surface area (Å²) < 4.78 is 38.7. The molecule has 0 bridgehead atoms. The number of amides is 1. The summed E-state index contributed by atoms with van der Waals surface area (Å²) in [6.07, 6.45) is 1.18. The topological polar surface area (TPSA) is 150 Å². The Morgan fingerprint density at radius 2 is 1.73 bits per heavy atom. The Bertz CT molecular complexity index is 979. The third kappa shape index (κ3) is 3.57. The Labute approximate surface area is 149 Å². The van der Waals surface area contributed by atoms with Crippen molar-refractivity contribution in [3.63, 3.8) is 0 Å². The SMILES string of the molecule is COc1cc(NS(=O)(=O)c2cc(C(N)=O)n(C)c2)c(C(=O)O)cc1OC. The number of aromatic carboxylic acids is 1. The molecule has 0 saturated heterocycles. The van der Waals surface area contributed by atoms with Gasteiger partial charge in [-0.2, -0.15) is 0 Å². The number of nitrogens with zero attached hydrogens (tertiary/aromatic N) is 1. The van der Waals surface area contributed by atoms with E-state index >= 15 is 0 Å². The summed E-state index contributed by atoms with van der Waals surface area (Å²) in [5, 5.41) is 9.34. The van der Waals surface area contributed by atoms with Crippen molar-refractivity contribution in [1.82, 2.24) is 4.57 Å². The molecule has 1 aromatic carbocycles. The van der Waals surface area contributed by atoms with Crippen molar-refractivity contribution >= 4 is 27.6 Å². The van der Waals surface area contributed by atoms with Crippen LogP contribution in [0.15, 0.2) is 29.3 Å². The summed E-state index contributed by atoms with van der Waals surface area (Å²) in [4.78, 5) is 22.5. The third-order valence-corrected chi connectivity index (χ3v) is 4.87. The number of carboxylic acid groups (broad SMARTS) is 1. The molecular weight excluding hydrogens is 366 g/mol. The number of sulfonamides is 1. The number of aromatic nitrogens is 1. The zero-order chi connectivity index (χ0) is 19.6. The van der Waals surface area contributed by atoms with Gasteiger partial charge in [0.25, 0.3) is 15.9 Å². The van der Waals surface area contributed by atoms with Gasteiger partial charge in [-0.05, 0) is 6.07 Å². The molecule has 10 nitrogen and oxygen atoms in total. The highest BCUT2D eigenvalue weighted by molar-refractivity contribution is 7.92. The van der Waals surface area contributed by atoms with Crippen molar-refractivity contribution in [2.75, 3.05) is 18.9 Å². The number of carboxylic acids is 1. The van der Waals surface area contributed by atoms with Crippen LogP contribution in [-0.4, -0.2) is 44.2 Å². The number of primary amides is 1. The number of nitrogens with two attached hydrogens (primary N) is 1. The number of nitrogens with one attached hydrogen (secondary N) is 1. The van der Waals surface area contributed by atoms with E-state index in [-0.39, 0.29) is 33.3 Å². The molecule has 140 valence electrons. The fourth-order valence-electron chi connectivity index (χ4n) is 2.27. The number of hydrogen-bond acceptors (Lipinski definition) is 6. The van der Waals surface area contributed by atoms with Crippen LogP contribution in [-0.2, 0) is 17.1 Å². The van der Waals surface area contributed by atoms with E-state index in [0.29, 0.717) is 0 Å². The first-order valence-electron chi connectivity index (χ1n) is 7.09. The summed E-state index contributed by atoms with van der Waals surface area (Å²) in [6.45, 7) is 0. The van der Waals surface area contributed by atoms with Gasteiger partial charge in [0.05, 0.1) is 25.5 Å². The van der Waals surface area contributed by atoms with E-state index in [1.54, 1.807) is 0 Å². The van der Waals surface area contributed by atoms with Gasteiger partial charge in [0.15, 0.2) is 11.5 Å². The van der Waals surface area contributed by atoms with Gasteiger partial charge in [-0.1, -0.05) is 0 Å². The molecule has 0 atom stereocenters. The number of benzene rings is 1. The number of hydrogen-bond donors (Lipinski definition) is 3. The van der Waals surface area contributed by atoms with Crippen LogP contribution in [0.25, 0.3) is 0 Å². The number of anilines is 1. The number of rotatable bonds is 7. The van der Waals surface area contributed by atoms with Crippen molar-refractivity contribution in [3.05, 3.63) is 35.7 Å². The summed E-state index contributed by atoms with van der Waals surface area (Å²) in [7, 11) is -0.0825. The highest BCUT2D eigenvalue weighted by Crippen LogP contribution is 2.34. The number of ether oxygens (including phenoxy) is 2. The number of carbonyl (C=O) groups is 2. The average Bonchev–Trinajstić information content (AvgIpc) is 2.96. The maximum atomic E-state index is 12.6. The lowest BCUT2D eigenvalue weighted by atomic mass is 10.1. The second-order valence-electron chi connectivity index (χ2n) is 5.20. The molecule has 1 aromatic heterocycles. The Hall–Kier alpha value is -3.21. The van der Waals surface area contributed by atoms with Crippen molar-refractivity contribution in [3.8, 4) is 11.5 Å². The maximum absolute atomic E-state index is 12.6. The van der Waals surface area contributed by atoms with Gasteiger partial charge in [-0.15, -0.1) is 0 Å². The molecule has 0 radical (unpaired) electrons. The fourth-order valence-corrected chi connectivity index (χ4v) is 3.41. The summed E-state index contributed by atoms with van der Waals surface area (Å²) in [5.41, 5.74) is 4.60. The van der Waals surface area contributed by atoms with Crippen molar-refractivity contribution in [1.29, 1.82) is 0 Å². The maximum Gasteiger partial charge on any atom is 0.337 e. The highest BCUT2D eigenvalue weighted by atomic mass is 32.2. The molecule has 0 saturated carbocycles. The van der Waals surface area contributed by atoms with Crippen LogP contribution in [0.2, 0.25) is 0 Å². The molecule has 0 fully saturated rings. The number of carbonyl (C=O) groups excluding carboxylic acids is 1. The summed E-state index contributed by atoms with van der Waals surface area (Å²) >= 11 is 0. The lowest BCUT2D eigenvalue weighted by Crippen LogP contribution is -2.16. The molecule has 26 heavy (non-hydrogen) atoms. The lowest BCUT2D eigenvalue weighted by Gasteiger charge is -2.14. The van der Waals surface area contributed by atoms with Crippen molar-refractivity contribution in [2.45, 2.75) is 4.90 Å². The second-order valence-corrected chi connectivity index (χ2v) is 6.88. The van der Waals surface area contributed by atoms with Gasteiger partial charge in [0.1, 0.15) is 10.6 Å². The first-order valence-corrected chi connectivity index (χ1v) is 8.57. The number of methoxy groups -OCH3 is 2. The molecule has 0 spiro atoms. The van der Waals surface area contributed by atoms with E-state index in [4.69, 9.17) is 15.2 Å². The summed E-state index contributed by atoms with van der Waals surface area (Å²) in [5.74, 6) is -1.90. The third-order valence-electron chi connectivity index (χ3n) is 3.54. The molecular formula is C15H17N3O7S. The van der Waals surface area contributed by atoms with Crippen LogP contribution in [0.3, 0.4) is 0 Å². The largest absolute Gasteiger partial charge is 0.493 e. The summed E-state index contributed by atoms with van der Waals surface area (Å²) in [6, 6.07) is 3.42. The predicted octanol–water partition coefficient (Wildman–Crippen LogP) is 0.640. The predicted molar refractivity (Wildman–Crippen MR) is 91.2 cm³/mol. The molecule has 1 heterocycles. The first-order chi connectivity index (χ1) is 12.1. The molecule has 0 aliphatic carbocycles. The van der Waals surface area contributed by atoms with E-state index in [1.807, 2.05) is 0 Å². The van der Waals surface area contributed by atoms with Crippen LogP contribution >= 0.6 is 0 Å². The van der Waals surface area contributed by atoms with E-state index in [0.717, 1.165) is 12.1 Å². The molecule has 2 rings (SSSR count). The smallest absolute Gasteiger partial charge is 0.337 e. The standard InChI is InChI=1S/C15H17N3O7S/c1-18-7-8(4-11(18)14(16)19)26(22,23)17-10-6-13(25-3)12(24-2)5-9(10)15(20)21/h4-7,17H,1-3H3,(H2,16,19)(H,20,21). The molecule has 4 N–H and O–H groups in total. The van der Waals surface area contributed by atoms with Crippen molar-refractivity contribution in [2.24, 2.45) is 12.8 Å². The van der Waals surface area contributed by atoms with Gasteiger partial charge in [-0.25, -0.2) is 13.2 Å².